The van der Waals surface area contributed by atoms with Gasteiger partial charge in [-0.05, 0) is 26.3 Å². The predicted molar refractivity (Wildman–Crippen MR) is 62.3 cm³/mol. The molecule has 1 heterocycles. The minimum atomic E-state index is -3.46. The van der Waals surface area contributed by atoms with E-state index in [0.717, 1.165) is 19.4 Å². The minimum absolute atomic E-state index is 0.0146. The van der Waals surface area contributed by atoms with Crippen molar-refractivity contribution in [2.24, 2.45) is 0 Å². The fourth-order valence-electron chi connectivity index (χ4n) is 1.89. The highest BCUT2D eigenvalue weighted by atomic mass is 32.2. The molecular weight excluding hydrogens is 226 g/mol. The fraction of sp³-hybridized carbons (Fsp3) is 0.900. The Hall–Kier alpha value is -0.640. The Labute approximate surface area is 97.5 Å². The Morgan fingerprint density at radius 1 is 1.62 bits per heavy atom. The molecule has 0 aromatic heterocycles. The first-order chi connectivity index (χ1) is 7.54. The molecule has 0 bridgehead atoms. The Balaban J connectivity index is 2.88. The maximum atomic E-state index is 12.1. The van der Waals surface area contributed by atoms with Gasteiger partial charge in [0.15, 0.2) is 5.25 Å². The molecule has 0 aliphatic carbocycles. The molecule has 2 atom stereocenters. The third-order valence-corrected chi connectivity index (χ3v) is 4.97. The van der Waals surface area contributed by atoms with Gasteiger partial charge in [-0.25, -0.2) is 8.42 Å². The van der Waals surface area contributed by atoms with E-state index in [-0.39, 0.29) is 6.04 Å². The van der Waals surface area contributed by atoms with Gasteiger partial charge in [0.05, 0.1) is 6.07 Å². The van der Waals surface area contributed by atoms with Crippen molar-refractivity contribution in [3.63, 3.8) is 0 Å². The largest absolute Gasteiger partial charge is 0.315 e. The van der Waals surface area contributed by atoms with Crippen molar-refractivity contribution >= 4 is 10.0 Å². The van der Waals surface area contributed by atoms with Crippen LogP contribution in [-0.4, -0.2) is 43.6 Å². The molecule has 2 unspecified atom stereocenters. The summed E-state index contributed by atoms with van der Waals surface area (Å²) in [5.41, 5.74) is 0. The molecule has 0 saturated carbocycles. The molecule has 1 aliphatic rings. The van der Waals surface area contributed by atoms with Gasteiger partial charge in [0, 0.05) is 19.1 Å². The molecule has 0 spiro atoms. The zero-order chi connectivity index (χ0) is 12.2. The highest BCUT2D eigenvalue weighted by molar-refractivity contribution is 7.90. The first-order valence-corrected chi connectivity index (χ1v) is 7.15. The van der Waals surface area contributed by atoms with Crippen molar-refractivity contribution < 1.29 is 8.42 Å². The van der Waals surface area contributed by atoms with Gasteiger partial charge in [-0.1, -0.05) is 6.92 Å². The minimum Gasteiger partial charge on any atom is -0.315 e. The third kappa shape index (κ3) is 2.73. The normalized spacial score (nSPS) is 23.2. The van der Waals surface area contributed by atoms with Crippen LogP contribution < -0.4 is 5.32 Å². The molecular formula is C10H19N3O2S. The molecule has 92 valence electrons. The fourth-order valence-corrected chi connectivity index (χ4v) is 3.46. The molecule has 1 aliphatic heterocycles. The van der Waals surface area contributed by atoms with Gasteiger partial charge < -0.3 is 5.32 Å². The van der Waals surface area contributed by atoms with Gasteiger partial charge in [0.25, 0.3) is 0 Å². The van der Waals surface area contributed by atoms with Gasteiger partial charge in [-0.15, -0.1) is 0 Å². The first kappa shape index (κ1) is 13.4. The summed E-state index contributed by atoms with van der Waals surface area (Å²) < 4.78 is 25.7. The van der Waals surface area contributed by atoms with Crippen LogP contribution in [0.15, 0.2) is 0 Å². The highest BCUT2D eigenvalue weighted by Crippen LogP contribution is 2.17. The van der Waals surface area contributed by atoms with E-state index in [1.54, 1.807) is 0 Å². The SMILES string of the molecule is CCCN(C1CCNC1)S(=O)(=O)C(C)C#N. The van der Waals surface area contributed by atoms with Gasteiger partial charge in [-0.3, -0.25) is 0 Å². The van der Waals surface area contributed by atoms with Crippen LogP contribution in [0.3, 0.4) is 0 Å². The summed E-state index contributed by atoms with van der Waals surface area (Å²) in [6.07, 6.45) is 1.60. The van der Waals surface area contributed by atoms with E-state index < -0.39 is 15.3 Å². The van der Waals surface area contributed by atoms with Crippen molar-refractivity contribution in [2.75, 3.05) is 19.6 Å². The number of rotatable bonds is 5. The van der Waals surface area contributed by atoms with Crippen molar-refractivity contribution in [1.82, 2.24) is 9.62 Å². The lowest BCUT2D eigenvalue weighted by Gasteiger charge is -2.28. The predicted octanol–water partition coefficient (Wildman–Crippen LogP) is 0.302. The average molecular weight is 245 g/mol. The molecule has 1 saturated heterocycles. The van der Waals surface area contributed by atoms with Crippen LogP contribution in [0, 0.1) is 11.3 Å². The first-order valence-electron chi connectivity index (χ1n) is 5.65. The summed E-state index contributed by atoms with van der Waals surface area (Å²) in [6, 6.07) is 1.83. The highest BCUT2D eigenvalue weighted by Gasteiger charge is 2.34. The van der Waals surface area contributed by atoms with Crippen LogP contribution in [0.2, 0.25) is 0 Å². The Morgan fingerprint density at radius 2 is 2.31 bits per heavy atom. The van der Waals surface area contributed by atoms with Crippen LogP contribution in [0.1, 0.15) is 26.7 Å². The molecule has 1 fully saturated rings. The molecule has 0 radical (unpaired) electrons. The summed E-state index contributed by atoms with van der Waals surface area (Å²) in [4.78, 5) is 0. The van der Waals surface area contributed by atoms with Gasteiger partial charge in [-0.2, -0.15) is 9.57 Å². The molecule has 0 amide bonds. The molecule has 1 rings (SSSR count). The second kappa shape index (κ2) is 5.62. The molecule has 0 aromatic carbocycles. The molecule has 6 heteroatoms. The molecule has 0 aromatic rings. The zero-order valence-corrected chi connectivity index (χ0v) is 10.6. The smallest absolute Gasteiger partial charge is 0.230 e. The summed E-state index contributed by atoms with van der Waals surface area (Å²) in [7, 11) is -3.46. The van der Waals surface area contributed by atoms with Crippen molar-refractivity contribution in [2.45, 2.75) is 38.0 Å². The quantitative estimate of drug-likeness (QED) is 0.756. The number of hydrogen-bond donors (Lipinski definition) is 1. The summed E-state index contributed by atoms with van der Waals surface area (Å²) in [6.45, 7) is 5.43. The van der Waals surface area contributed by atoms with Crippen LogP contribution in [0.5, 0.6) is 0 Å². The average Bonchev–Trinajstić information content (AvgIpc) is 2.77. The third-order valence-electron chi connectivity index (χ3n) is 2.84. The monoisotopic (exact) mass is 245 g/mol. The summed E-state index contributed by atoms with van der Waals surface area (Å²) >= 11 is 0. The van der Waals surface area contributed by atoms with Crippen LogP contribution in [-0.2, 0) is 10.0 Å². The Kier molecular flexibility index (Phi) is 4.71. The van der Waals surface area contributed by atoms with Gasteiger partial charge in [0.1, 0.15) is 0 Å². The van der Waals surface area contributed by atoms with E-state index in [9.17, 15) is 8.42 Å². The maximum absolute atomic E-state index is 12.1. The van der Waals surface area contributed by atoms with E-state index in [1.165, 1.54) is 11.2 Å². The number of hydrogen-bond acceptors (Lipinski definition) is 4. The lowest BCUT2D eigenvalue weighted by molar-refractivity contribution is 0.333. The zero-order valence-electron chi connectivity index (χ0n) is 9.81. The van der Waals surface area contributed by atoms with Gasteiger partial charge in [0.2, 0.25) is 10.0 Å². The second-order valence-electron chi connectivity index (χ2n) is 4.07. The summed E-state index contributed by atoms with van der Waals surface area (Å²) in [5, 5.41) is 11.0. The Morgan fingerprint density at radius 3 is 2.75 bits per heavy atom. The summed E-state index contributed by atoms with van der Waals surface area (Å²) in [5.74, 6) is 0. The van der Waals surface area contributed by atoms with Crippen LogP contribution in [0.4, 0.5) is 0 Å². The van der Waals surface area contributed by atoms with Crippen molar-refractivity contribution in [3.05, 3.63) is 0 Å². The van der Waals surface area contributed by atoms with E-state index in [1.807, 2.05) is 13.0 Å². The topological polar surface area (TPSA) is 73.2 Å². The number of nitriles is 1. The number of sulfonamides is 1. The van der Waals surface area contributed by atoms with Crippen LogP contribution in [0.25, 0.3) is 0 Å². The maximum Gasteiger partial charge on any atom is 0.230 e. The van der Waals surface area contributed by atoms with Crippen LogP contribution >= 0.6 is 0 Å². The standard InChI is InChI=1S/C10H19N3O2S/c1-3-6-13(10-4-5-12-8-10)16(14,15)9(2)7-11/h9-10,12H,3-6,8H2,1-2H3. The van der Waals surface area contributed by atoms with E-state index >= 15 is 0 Å². The molecule has 5 nitrogen and oxygen atoms in total. The van der Waals surface area contributed by atoms with E-state index in [2.05, 4.69) is 5.32 Å². The Bertz CT molecular complexity index is 355. The lowest BCUT2D eigenvalue weighted by atomic mass is 10.2. The number of nitrogens with one attached hydrogen (secondary N) is 1. The molecule has 1 N–H and O–H groups in total. The second-order valence-corrected chi connectivity index (χ2v) is 6.28. The molecule has 16 heavy (non-hydrogen) atoms. The van der Waals surface area contributed by atoms with E-state index in [4.69, 9.17) is 5.26 Å². The van der Waals surface area contributed by atoms with E-state index in [0.29, 0.717) is 13.1 Å². The van der Waals surface area contributed by atoms with Crippen molar-refractivity contribution in [1.29, 1.82) is 5.26 Å². The lowest BCUT2D eigenvalue weighted by Crippen LogP contribution is -2.45. The number of nitrogens with zero attached hydrogens (tertiary/aromatic N) is 2. The van der Waals surface area contributed by atoms with Gasteiger partial charge >= 0.3 is 0 Å². The van der Waals surface area contributed by atoms with Crippen molar-refractivity contribution in [3.8, 4) is 6.07 Å².